The van der Waals surface area contributed by atoms with Gasteiger partial charge in [-0.15, -0.1) is 0 Å². The molecule has 2 fully saturated rings. The number of hydrogen-bond donors (Lipinski definition) is 0. The lowest BCUT2D eigenvalue weighted by molar-refractivity contribution is -0.145. The Morgan fingerprint density at radius 2 is 1.38 bits per heavy atom. The molecule has 0 aromatic carbocycles. The van der Waals surface area contributed by atoms with Gasteiger partial charge in [0, 0.05) is 0 Å². The summed E-state index contributed by atoms with van der Waals surface area (Å²) in [5.41, 5.74) is 0.169. The van der Waals surface area contributed by atoms with Gasteiger partial charge in [-0.1, -0.05) is 46.0 Å². The average Bonchev–Trinajstić information content (AvgIpc) is 3.16. The van der Waals surface area contributed by atoms with Crippen molar-refractivity contribution in [2.24, 2.45) is 17.8 Å². The monoisotopic (exact) mass is 294 g/mol. The van der Waals surface area contributed by atoms with Crippen LogP contribution in [0.1, 0.15) is 98.3 Å². The molecule has 2 aliphatic rings. The minimum Gasteiger partial charge on any atom is -0.372 e. The number of hydrogen-bond acceptors (Lipinski definition) is 1. The molecule has 0 bridgehead atoms. The predicted molar refractivity (Wildman–Crippen MR) is 91.6 cm³/mol. The van der Waals surface area contributed by atoms with Crippen molar-refractivity contribution in [3.8, 4) is 0 Å². The van der Waals surface area contributed by atoms with E-state index in [-0.39, 0.29) is 5.60 Å². The molecule has 1 heteroatoms. The first kappa shape index (κ1) is 17.3. The highest BCUT2D eigenvalue weighted by Crippen LogP contribution is 2.47. The highest BCUT2D eigenvalue weighted by molar-refractivity contribution is 4.95. The third kappa shape index (κ3) is 4.47. The van der Waals surface area contributed by atoms with E-state index in [1.54, 1.807) is 0 Å². The zero-order chi connectivity index (χ0) is 15.3. The van der Waals surface area contributed by atoms with Gasteiger partial charge in [-0.2, -0.15) is 0 Å². The molecule has 0 N–H and O–H groups in total. The van der Waals surface area contributed by atoms with Crippen LogP contribution >= 0.6 is 0 Å². The predicted octanol–water partition coefficient (Wildman–Crippen LogP) is 6.36. The van der Waals surface area contributed by atoms with Crippen molar-refractivity contribution in [3.63, 3.8) is 0 Å². The summed E-state index contributed by atoms with van der Waals surface area (Å²) in [7, 11) is 0. The summed E-state index contributed by atoms with van der Waals surface area (Å²) in [6.45, 7) is 9.47. The maximum atomic E-state index is 6.80. The first-order valence-corrected chi connectivity index (χ1v) is 9.74. The zero-order valence-electron chi connectivity index (χ0n) is 15.0. The van der Waals surface area contributed by atoms with Gasteiger partial charge < -0.3 is 4.74 Å². The minimum absolute atomic E-state index is 0.169. The van der Waals surface area contributed by atoms with Crippen LogP contribution in [0.2, 0.25) is 0 Å². The van der Waals surface area contributed by atoms with Crippen LogP contribution in [0.15, 0.2) is 0 Å². The molecule has 2 unspecified atom stereocenters. The van der Waals surface area contributed by atoms with E-state index in [4.69, 9.17) is 4.74 Å². The van der Waals surface area contributed by atoms with Crippen LogP contribution in [-0.2, 0) is 4.74 Å². The van der Waals surface area contributed by atoms with Crippen molar-refractivity contribution >= 4 is 0 Å². The lowest BCUT2D eigenvalue weighted by Crippen LogP contribution is -2.45. The van der Waals surface area contributed by atoms with E-state index in [0.29, 0.717) is 6.10 Å². The Labute approximate surface area is 133 Å². The molecule has 0 amide bonds. The van der Waals surface area contributed by atoms with Gasteiger partial charge in [0.2, 0.25) is 0 Å². The SMILES string of the molecule is CCC(C)CCC(C)OC(C)(C1CCCC1)C1CCCC1. The highest BCUT2D eigenvalue weighted by atomic mass is 16.5. The van der Waals surface area contributed by atoms with Crippen molar-refractivity contribution in [1.82, 2.24) is 0 Å². The molecule has 0 radical (unpaired) electrons. The van der Waals surface area contributed by atoms with Crippen molar-refractivity contribution < 1.29 is 4.74 Å². The van der Waals surface area contributed by atoms with E-state index in [1.807, 2.05) is 0 Å². The quantitative estimate of drug-likeness (QED) is 0.506. The Morgan fingerprint density at radius 1 is 0.905 bits per heavy atom. The molecule has 0 heterocycles. The molecule has 1 nitrogen and oxygen atoms in total. The van der Waals surface area contributed by atoms with Crippen LogP contribution in [0.3, 0.4) is 0 Å². The Hall–Kier alpha value is -0.0400. The van der Waals surface area contributed by atoms with Crippen LogP contribution < -0.4 is 0 Å². The van der Waals surface area contributed by atoms with E-state index in [1.165, 1.54) is 70.6 Å². The topological polar surface area (TPSA) is 9.23 Å². The first-order valence-electron chi connectivity index (χ1n) is 9.74. The Balaban J connectivity index is 1.94. The van der Waals surface area contributed by atoms with Gasteiger partial charge in [-0.25, -0.2) is 0 Å². The molecular weight excluding hydrogens is 256 g/mol. The van der Waals surface area contributed by atoms with Crippen molar-refractivity contribution in [3.05, 3.63) is 0 Å². The third-order valence-electron chi connectivity index (χ3n) is 6.55. The van der Waals surface area contributed by atoms with Crippen LogP contribution in [0, 0.1) is 17.8 Å². The first-order chi connectivity index (χ1) is 10.1. The summed E-state index contributed by atoms with van der Waals surface area (Å²) < 4.78 is 6.80. The van der Waals surface area contributed by atoms with Gasteiger partial charge in [0.25, 0.3) is 0 Å². The molecule has 0 aromatic heterocycles. The van der Waals surface area contributed by atoms with E-state index in [2.05, 4.69) is 27.7 Å². The highest BCUT2D eigenvalue weighted by Gasteiger charge is 2.45. The Bertz CT molecular complexity index is 270. The van der Waals surface area contributed by atoms with Gasteiger partial charge in [0.1, 0.15) is 0 Å². The molecule has 0 spiro atoms. The fourth-order valence-electron chi connectivity index (χ4n) is 4.74. The molecule has 0 saturated heterocycles. The molecular formula is C20H38O. The van der Waals surface area contributed by atoms with Crippen molar-refractivity contribution in [2.75, 3.05) is 0 Å². The summed E-state index contributed by atoms with van der Waals surface area (Å²) in [6.07, 6.45) is 15.6. The van der Waals surface area contributed by atoms with E-state index in [9.17, 15) is 0 Å². The standard InChI is InChI=1S/C20H38O/c1-5-16(2)14-15-17(3)21-20(4,18-10-6-7-11-18)19-12-8-9-13-19/h16-19H,5-15H2,1-4H3. The van der Waals surface area contributed by atoms with Gasteiger partial charge in [0.15, 0.2) is 0 Å². The van der Waals surface area contributed by atoms with E-state index >= 15 is 0 Å². The minimum atomic E-state index is 0.169. The van der Waals surface area contributed by atoms with Crippen molar-refractivity contribution in [2.45, 2.75) is 110 Å². The largest absolute Gasteiger partial charge is 0.372 e. The maximum Gasteiger partial charge on any atom is 0.0714 e. The zero-order valence-corrected chi connectivity index (χ0v) is 15.0. The molecule has 2 atom stereocenters. The van der Waals surface area contributed by atoms with Gasteiger partial charge >= 0.3 is 0 Å². The van der Waals surface area contributed by atoms with E-state index < -0.39 is 0 Å². The second kappa shape index (κ2) is 7.99. The van der Waals surface area contributed by atoms with Gasteiger partial charge in [-0.3, -0.25) is 0 Å². The second-order valence-electron chi connectivity index (χ2n) is 8.17. The molecule has 124 valence electrons. The Kier molecular flexibility index (Phi) is 6.59. The molecule has 21 heavy (non-hydrogen) atoms. The smallest absolute Gasteiger partial charge is 0.0714 e. The molecule has 0 aliphatic heterocycles. The van der Waals surface area contributed by atoms with Crippen LogP contribution in [-0.4, -0.2) is 11.7 Å². The third-order valence-corrected chi connectivity index (χ3v) is 6.55. The van der Waals surface area contributed by atoms with Gasteiger partial charge in [0.05, 0.1) is 11.7 Å². The summed E-state index contributed by atoms with van der Waals surface area (Å²) in [5.74, 6) is 2.50. The molecule has 2 rings (SSSR count). The lowest BCUT2D eigenvalue weighted by Gasteiger charge is -2.43. The Morgan fingerprint density at radius 3 is 1.81 bits per heavy atom. The van der Waals surface area contributed by atoms with Crippen LogP contribution in [0.25, 0.3) is 0 Å². The summed E-state index contributed by atoms with van der Waals surface area (Å²) in [5, 5.41) is 0. The lowest BCUT2D eigenvalue weighted by atomic mass is 9.76. The number of rotatable bonds is 8. The fourth-order valence-corrected chi connectivity index (χ4v) is 4.74. The van der Waals surface area contributed by atoms with Crippen molar-refractivity contribution in [1.29, 1.82) is 0 Å². The van der Waals surface area contributed by atoms with Gasteiger partial charge in [-0.05, 0) is 70.1 Å². The van der Waals surface area contributed by atoms with Crippen LogP contribution in [0.4, 0.5) is 0 Å². The second-order valence-corrected chi connectivity index (χ2v) is 8.17. The normalized spacial score (nSPS) is 24.6. The molecule has 2 aliphatic carbocycles. The fraction of sp³-hybridized carbons (Fsp3) is 1.00. The molecule has 2 saturated carbocycles. The molecule has 0 aromatic rings. The summed E-state index contributed by atoms with van der Waals surface area (Å²) >= 11 is 0. The summed E-state index contributed by atoms with van der Waals surface area (Å²) in [4.78, 5) is 0. The summed E-state index contributed by atoms with van der Waals surface area (Å²) in [6, 6.07) is 0. The van der Waals surface area contributed by atoms with Crippen LogP contribution in [0.5, 0.6) is 0 Å². The number of ether oxygens (including phenoxy) is 1. The average molecular weight is 295 g/mol. The van der Waals surface area contributed by atoms with E-state index in [0.717, 1.165) is 17.8 Å². The maximum absolute atomic E-state index is 6.80.